The fourth-order valence-corrected chi connectivity index (χ4v) is 1.31. The van der Waals surface area contributed by atoms with Gasteiger partial charge in [0.25, 0.3) is 0 Å². The third-order valence-corrected chi connectivity index (χ3v) is 1.86. The number of benzene rings is 1. The van der Waals surface area contributed by atoms with Crippen molar-refractivity contribution < 1.29 is 4.42 Å². The van der Waals surface area contributed by atoms with Gasteiger partial charge in [-0.05, 0) is 12.1 Å². The first-order chi connectivity index (χ1) is 6.31. The molecule has 0 saturated carbocycles. The van der Waals surface area contributed by atoms with Crippen LogP contribution in [0.25, 0.3) is 10.9 Å². The highest BCUT2D eigenvalue weighted by atomic mass is 16.3. The number of nitrogens with zero attached hydrogens (tertiary/aromatic N) is 2. The van der Waals surface area contributed by atoms with Crippen LogP contribution in [0.15, 0.2) is 33.7 Å². The Morgan fingerprint density at radius 3 is 2.85 bits per heavy atom. The summed E-state index contributed by atoms with van der Waals surface area (Å²) in [4.78, 5) is 8.31. The first-order valence-electron chi connectivity index (χ1n) is 4.10. The monoisotopic (exact) mass is 174 g/mol. The molecule has 1 aromatic carbocycles. The lowest BCUT2D eigenvalue weighted by molar-refractivity contribution is 0.453. The van der Waals surface area contributed by atoms with Gasteiger partial charge in [-0.15, -0.1) is 0 Å². The Morgan fingerprint density at radius 2 is 2.08 bits per heavy atom. The van der Waals surface area contributed by atoms with E-state index < -0.39 is 0 Å². The van der Waals surface area contributed by atoms with Gasteiger partial charge in [0.2, 0.25) is 5.55 Å². The van der Waals surface area contributed by atoms with E-state index in [1.54, 1.807) is 7.05 Å². The Bertz CT molecular complexity index is 499. The molecule has 0 fully saturated rings. The summed E-state index contributed by atoms with van der Waals surface area (Å²) >= 11 is 0. The zero-order valence-corrected chi connectivity index (χ0v) is 7.61. The molecule has 3 heteroatoms. The molecule has 0 saturated heterocycles. The molecule has 66 valence electrons. The van der Waals surface area contributed by atoms with E-state index >= 15 is 0 Å². The molecular weight excluding hydrogens is 164 g/mol. The van der Waals surface area contributed by atoms with Gasteiger partial charge in [-0.1, -0.05) is 12.1 Å². The SMILES string of the molecule is C/N=c1/oc(C)nc2ccccc12. The molecule has 0 unspecified atom stereocenters. The zero-order valence-electron chi connectivity index (χ0n) is 7.61. The lowest BCUT2D eigenvalue weighted by Gasteiger charge is -1.97. The van der Waals surface area contributed by atoms with Crippen molar-refractivity contribution in [1.29, 1.82) is 0 Å². The van der Waals surface area contributed by atoms with E-state index in [4.69, 9.17) is 4.42 Å². The maximum atomic E-state index is 5.36. The van der Waals surface area contributed by atoms with E-state index in [9.17, 15) is 0 Å². The van der Waals surface area contributed by atoms with Crippen LogP contribution in [0, 0.1) is 6.92 Å². The fourth-order valence-electron chi connectivity index (χ4n) is 1.31. The van der Waals surface area contributed by atoms with Crippen LogP contribution >= 0.6 is 0 Å². The maximum Gasteiger partial charge on any atom is 0.225 e. The average molecular weight is 174 g/mol. The predicted octanol–water partition coefficient (Wildman–Crippen LogP) is 1.67. The first-order valence-corrected chi connectivity index (χ1v) is 4.10. The molecule has 0 bridgehead atoms. The van der Waals surface area contributed by atoms with Crippen molar-refractivity contribution in [2.24, 2.45) is 4.99 Å². The van der Waals surface area contributed by atoms with E-state index in [1.165, 1.54) is 0 Å². The van der Waals surface area contributed by atoms with E-state index in [2.05, 4.69) is 9.98 Å². The summed E-state index contributed by atoms with van der Waals surface area (Å²) in [5, 5.41) is 0.954. The second-order valence-electron chi connectivity index (χ2n) is 2.78. The Kier molecular flexibility index (Phi) is 1.85. The lowest BCUT2D eigenvalue weighted by atomic mass is 10.2. The molecule has 0 aliphatic rings. The van der Waals surface area contributed by atoms with Gasteiger partial charge in [0.1, 0.15) is 0 Å². The number of aryl methyl sites for hydroxylation is 1. The highest BCUT2D eigenvalue weighted by Crippen LogP contribution is 2.06. The molecule has 0 atom stereocenters. The summed E-state index contributed by atoms with van der Waals surface area (Å²) in [6.45, 7) is 1.82. The van der Waals surface area contributed by atoms with Crippen molar-refractivity contribution in [3.63, 3.8) is 0 Å². The Morgan fingerprint density at radius 1 is 1.31 bits per heavy atom. The topological polar surface area (TPSA) is 38.4 Å². The molecule has 2 aromatic rings. The van der Waals surface area contributed by atoms with Gasteiger partial charge in [0.05, 0.1) is 10.9 Å². The maximum absolute atomic E-state index is 5.36. The third kappa shape index (κ3) is 1.33. The molecular formula is C10H10N2O. The van der Waals surface area contributed by atoms with Crippen molar-refractivity contribution in [2.45, 2.75) is 6.92 Å². The smallest absolute Gasteiger partial charge is 0.225 e. The summed E-state index contributed by atoms with van der Waals surface area (Å²) in [5.74, 6) is 0.638. The molecule has 0 spiro atoms. The third-order valence-electron chi connectivity index (χ3n) is 1.86. The second kappa shape index (κ2) is 3.01. The lowest BCUT2D eigenvalue weighted by Crippen LogP contribution is -2.04. The van der Waals surface area contributed by atoms with Crippen molar-refractivity contribution in [1.82, 2.24) is 4.98 Å². The van der Waals surface area contributed by atoms with E-state index in [1.807, 2.05) is 31.2 Å². The van der Waals surface area contributed by atoms with Crippen LogP contribution in [0.5, 0.6) is 0 Å². The number of rotatable bonds is 0. The average Bonchev–Trinajstić information content (AvgIpc) is 2.16. The summed E-state index contributed by atoms with van der Waals surface area (Å²) in [5.41, 5.74) is 1.56. The minimum absolute atomic E-state index is 0.638. The van der Waals surface area contributed by atoms with E-state index in [0.29, 0.717) is 11.4 Å². The van der Waals surface area contributed by atoms with Gasteiger partial charge in [-0.25, -0.2) is 4.98 Å². The Labute approximate surface area is 75.8 Å². The molecule has 0 aliphatic carbocycles. The van der Waals surface area contributed by atoms with Gasteiger partial charge in [0.15, 0.2) is 5.89 Å². The van der Waals surface area contributed by atoms with Gasteiger partial charge in [-0.3, -0.25) is 4.99 Å². The standard InChI is InChI=1S/C10H10N2O/c1-7-12-9-6-4-3-5-8(9)10(11-2)13-7/h3-6H,1-2H3/b11-10+. The molecule has 0 aliphatic heterocycles. The van der Waals surface area contributed by atoms with Crippen LogP contribution in [0.2, 0.25) is 0 Å². The van der Waals surface area contributed by atoms with E-state index in [0.717, 1.165) is 10.9 Å². The van der Waals surface area contributed by atoms with Crippen LogP contribution in [-0.4, -0.2) is 12.0 Å². The predicted molar refractivity (Wildman–Crippen MR) is 50.2 cm³/mol. The Hall–Kier alpha value is -1.64. The zero-order chi connectivity index (χ0) is 9.26. The minimum Gasteiger partial charge on any atom is -0.425 e. The van der Waals surface area contributed by atoms with Crippen LogP contribution in [0.4, 0.5) is 0 Å². The molecule has 2 rings (SSSR count). The molecule has 1 heterocycles. The van der Waals surface area contributed by atoms with Crippen LogP contribution < -0.4 is 5.55 Å². The summed E-state index contributed by atoms with van der Waals surface area (Å²) in [6.07, 6.45) is 0. The number of para-hydroxylation sites is 1. The van der Waals surface area contributed by atoms with Crippen molar-refractivity contribution in [3.8, 4) is 0 Å². The van der Waals surface area contributed by atoms with Gasteiger partial charge < -0.3 is 4.42 Å². The van der Waals surface area contributed by atoms with Crippen LogP contribution in [-0.2, 0) is 0 Å². The summed E-state index contributed by atoms with van der Waals surface area (Å²) < 4.78 is 5.36. The number of fused-ring (bicyclic) bond motifs is 1. The number of hydrogen-bond acceptors (Lipinski definition) is 3. The van der Waals surface area contributed by atoms with Crippen LogP contribution in [0.1, 0.15) is 5.89 Å². The van der Waals surface area contributed by atoms with E-state index in [-0.39, 0.29) is 0 Å². The Balaban J connectivity index is 2.99. The molecule has 0 N–H and O–H groups in total. The highest BCUT2D eigenvalue weighted by Gasteiger charge is 1.98. The highest BCUT2D eigenvalue weighted by molar-refractivity contribution is 5.76. The van der Waals surface area contributed by atoms with Gasteiger partial charge in [-0.2, -0.15) is 0 Å². The minimum atomic E-state index is 0.638. The molecule has 3 nitrogen and oxygen atoms in total. The van der Waals surface area contributed by atoms with Crippen molar-refractivity contribution in [2.75, 3.05) is 7.05 Å². The normalized spacial score (nSPS) is 12.3. The molecule has 13 heavy (non-hydrogen) atoms. The second-order valence-corrected chi connectivity index (χ2v) is 2.78. The number of hydrogen-bond donors (Lipinski definition) is 0. The summed E-state index contributed by atoms with van der Waals surface area (Å²) in [6, 6.07) is 7.80. The van der Waals surface area contributed by atoms with Crippen LogP contribution in [0.3, 0.4) is 0 Å². The number of aromatic nitrogens is 1. The van der Waals surface area contributed by atoms with Crippen molar-refractivity contribution >= 4 is 10.9 Å². The molecule has 0 amide bonds. The van der Waals surface area contributed by atoms with Crippen molar-refractivity contribution in [3.05, 3.63) is 35.7 Å². The van der Waals surface area contributed by atoms with Gasteiger partial charge >= 0.3 is 0 Å². The fraction of sp³-hybridized carbons (Fsp3) is 0.200. The molecule has 0 radical (unpaired) electrons. The molecule has 1 aromatic heterocycles. The first kappa shape index (κ1) is 7.98. The quantitative estimate of drug-likeness (QED) is 0.609. The van der Waals surface area contributed by atoms with Gasteiger partial charge in [0, 0.05) is 14.0 Å². The summed E-state index contributed by atoms with van der Waals surface area (Å²) in [7, 11) is 1.71. The largest absolute Gasteiger partial charge is 0.425 e.